The van der Waals surface area contributed by atoms with Gasteiger partial charge in [0.15, 0.2) is 5.82 Å². The first kappa shape index (κ1) is 19.9. The highest BCUT2D eigenvalue weighted by molar-refractivity contribution is 5.90. The lowest BCUT2D eigenvalue weighted by Gasteiger charge is -2.21. The number of carbonyl (C=O) groups excluding carboxylic acids is 1. The van der Waals surface area contributed by atoms with Crippen LogP contribution in [0, 0.1) is 0 Å². The van der Waals surface area contributed by atoms with Gasteiger partial charge in [-0.2, -0.15) is 0 Å². The maximum atomic E-state index is 12.9. The molecule has 0 saturated carbocycles. The van der Waals surface area contributed by atoms with E-state index in [0.29, 0.717) is 12.4 Å². The Morgan fingerprint density at radius 3 is 2.18 bits per heavy atom. The van der Waals surface area contributed by atoms with Gasteiger partial charge < -0.3 is 9.88 Å². The van der Waals surface area contributed by atoms with Gasteiger partial charge in [-0.3, -0.25) is 4.79 Å². The van der Waals surface area contributed by atoms with Crippen LogP contribution in [0.15, 0.2) is 66.9 Å². The number of amides is 1. The van der Waals surface area contributed by atoms with Crippen LogP contribution >= 0.6 is 0 Å². The number of nitrogens with one attached hydrogen (secondary N) is 1. The van der Waals surface area contributed by atoms with Gasteiger partial charge in [-0.05, 0) is 43.2 Å². The van der Waals surface area contributed by atoms with E-state index in [-0.39, 0.29) is 5.91 Å². The molecule has 3 aromatic rings. The summed E-state index contributed by atoms with van der Waals surface area (Å²) in [6.45, 7) is 3.55. The predicted octanol–water partition coefficient (Wildman–Crippen LogP) is 4.68. The second-order valence-corrected chi connectivity index (χ2v) is 7.12. The van der Waals surface area contributed by atoms with E-state index in [2.05, 4.69) is 53.3 Å². The van der Waals surface area contributed by atoms with Gasteiger partial charge in [0.05, 0.1) is 0 Å². The number of hydrogen-bond acceptors (Lipinski definition) is 2. The fraction of sp³-hybridized carbons (Fsp3) is 0.333. The highest BCUT2D eigenvalue weighted by atomic mass is 16.2. The zero-order chi connectivity index (χ0) is 19.6. The molecule has 1 heterocycles. The quantitative estimate of drug-likeness (QED) is 0.559. The fourth-order valence-corrected chi connectivity index (χ4v) is 3.37. The molecule has 1 N–H and O–H groups in total. The van der Waals surface area contributed by atoms with Crippen molar-refractivity contribution >= 4 is 5.91 Å². The average molecular weight is 376 g/mol. The van der Waals surface area contributed by atoms with E-state index in [4.69, 9.17) is 0 Å². The van der Waals surface area contributed by atoms with Crippen LogP contribution in [0.1, 0.15) is 47.2 Å². The number of rotatable bonds is 10. The summed E-state index contributed by atoms with van der Waals surface area (Å²) in [7, 11) is 0. The summed E-state index contributed by atoms with van der Waals surface area (Å²) in [6.07, 6.45) is 6.56. The maximum absolute atomic E-state index is 12.9. The Morgan fingerprint density at radius 1 is 0.893 bits per heavy atom. The van der Waals surface area contributed by atoms with Crippen LogP contribution in [-0.2, 0) is 19.3 Å². The van der Waals surface area contributed by atoms with Crippen molar-refractivity contribution in [3.63, 3.8) is 0 Å². The van der Waals surface area contributed by atoms with Crippen molar-refractivity contribution in [3.8, 4) is 0 Å². The molecule has 0 spiro atoms. The number of hydrogen-bond donors (Lipinski definition) is 1. The molecule has 0 aliphatic carbocycles. The van der Waals surface area contributed by atoms with Crippen LogP contribution in [0.25, 0.3) is 0 Å². The predicted molar refractivity (Wildman–Crippen MR) is 113 cm³/mol. The molecular formula is C24H29N3O. The normalized spacial score (nSPS) is 10.8. The van der Waals surface area contributed by atoms with E-state index in [1.165, 1.54) is 11.1 Å². The smallest absolute Gasteiger partial charge is 0.289 e. The summed E-state index contributed by atoms with van der Waals surface area (Å²) in [5, 5.41) is 0. The third kappa shape index (κ3) is 5.81. The van der Waals surface area contributed by atoms with E-state index in [1.807, 2.05) is 29.2 Å². The number of nitrogens with zero attached hydrogens (tertiary/aromatic N) is 2. The number of benzene rings is 2. The lowest BCUT2D eigenvalue weighted by Crippen LogP contribution is -2.34. The summed E-state index contributed by atoms with van der Waals surface area (Å²) in [5.41, 5.74) is 3.62. The molecule has 4 heteroatoms. The highest BCUT2D eigenvalue weighted by Crippen LogP contribution is 2.10. The van der Waals surface area contributed by atoms with Gasteiger partial charge in [0.25, 0.3) is 5.91 Å². The van der Waals surface area contributed by atoms with Crippen molar-refractivity contribution in [2.45, 2.75) is 39.0 Å². The molecule has 0 unspecified atom stereocenters. The summed E-state index contributed by atoms with van der Waals surface area (Å²) in [4.78, 5) is 22.4. The molecule has 0 fully saturated rings. The number of aromatic amines is 1. The van der Waals surface area contributed by atoms with Gasteiger partial charge in [-0.25, -0.2) is 4.98 Å². The third-order valence-corrected chi connectivity index (χ3v) is 4.88. The minimum absolute atomic E-state index is 0.00732. The number of imidazole rings is 1. The number of carbonyl (C=O) groups is 1. The van der Waals surface area contributed by atoms with E-state index in [0.717, 1.165) is 44.3 Å². The largest absolute Gasteiger partial charge is 0.338 e. The van der Waals surface area contributed by atoms with Crippen LogP contribution in [-0.4, -0.2) is 33.9 Å². The summed E-state index contributed by atoms with van der Waals surface area (Å²) in [5.74, 6) is 0.448. The molecule has 28 heavy (non-hydrogen) atoms. The minimum Gasteiger partial charge on any atom is -0.338 e. The van der Waals surface area contributed by atoms with Gasteiger partial charge in [0.2, 0.25) is 0 Å². The van der Waals surface area contributed by atoms with Gasteiger partial charge in [0, 0.05) is 25.0 Å². The average Bonchev–Trinajstić information content (AvgIpc) is 3.21. The van der Waals surface area contributed by atoms with E-state index >= 15 is 0 Å². The van der Waals surface area contributed by atoms with Crippen LogP contribution < -0.4 is 0 Å². The number of H-pyrrole nitrogens is 1. The summed E-state index contributed by atoms with van der Waals surface area (Å²) >= 11 is 0. The Morgan fingerprint density at radius 2 is 1.54 bits per heavy atom. The molecule has 0 bridgehead atoms. The molecule has 4 nitrogen and oxygen atoms in total. The van der Waals surface area contributed by atoms with E-state index in [1.54, 1.807) is 6.20 Å². The van der Waals surface area contributed by atoms with Crippen LogP contribution in [0.3, 0.4) is 0 Å². The Kier molecular flexibility index (Phi) is 7.42. The van der Waals surface area contributed by atoms with Crippen molar-refractivity contribution in [1.29, 1.82) is 0 Å². The Hall–Kier alpha value is -2.88. The standard InChI is InChI=1S/C24H29N3O/c1-2-17-27(18-16-21-12-7-4-8-13-21)24(28)23-25-19-22(26-23)15-9-14-20-10-5-3-6-11-20/h3-8,10-13,19H,2,9,14-18H2,1H3,(H,25,26). The zero-order valence-corrected chi connectivity index (χ0v) is 16.6. The lowest BCUT2D eigenvalue weighted by atomic mass is 10.1. The first-order chi connectivity index (χ1) is 13.8. The topological polar surface area (TPSA) is 49.0 Å². The second-order valence-electron chi connectivity index (χ2n) is 7.12. The van der Waals surface area contributed by atoms with Crippen molar-refractivity contribution in [1.82, 2.24) is 14.9 Å². The molecule has 146 valence electrons. The monoisotopic (exact) mass is 375 g/mol. The van der Waals surface area contributed by atoms with Gasteiger partial charge >= 0.3 is 0 Å². The highest BCUT2D eigenvalue weighted by Gasteiger charge is 2.18. The van der Waals surface area contributed by atoms with Crippen LogP contribution in [0.2, 0.25) is 0 Å². The molecule has 1 amide bonds. The fourth-order valence-electron chi connectivity index (χ4n) is 3.37. The van der Waals surface area contributed by atoms with E-state index in [9.17, 15) is 4.79 Å². The first-order valence-electron chi connectivity index (χ1n) is 10.2. The number of aryl methyl sites for hydroxylation is 2. The third-order valence-electron chi connectivity index (χ3n) is 4.88. The Bertz CT molecular complexity index is 843. The molecule has 0 aliphatic rings. The van der Waals surface area contributed by atoms with Crippen LogP contribution in [0.5, 0.6) is 0 Å². The summed E-state index contributed by atoms with van der Waals surface area (Å²) < 4.78 is 0. The molecule has 0 atom stereocenters. The zero-order valence-electron chi connectivity index (χ0n) is 16.6. The molecule has 0 aliphatic heterocycles. The SMILES string of the molecule is CCCN(CCc1ccccc1)C(=O)c1ncc(CCCc2ccccc2)[nH]1. The molecule has 0 saturated heterocycles. The molecule has 1 aromatic heterocycles. The van der Waals surface area contributed by atoms with Crippen molar-refractivity contribution < 1.29 is 4.79 Å². The Balaban J connectivity index is 1.54. The van der Waals surface area contributed by atoms with Crippen molar-refractivity contribution in [3.05, 3.63) is 89.5 Å². The molecular weight excluding hydrogens is 346 g/mol. The molecule has 0 radical (unpaired) electrons. The molecule has 3 rings (SSSR count). The number of aromatic nitrogens is 2. The molecule has 2 aromatic carbocycles. The van der Waals surface area contributed by atoms with E-state index < -0.39 is 0 Å². The minimum atomic E-state index is -0.00732. The second kappa shape index (κ2) is 10.5. The summed E-state index contributed by atoms with van der Waals surface area (Å²) in [6, 6.07) is 20.8. The maximum Gasteiger partial charge on any atom is 0.289 e. The van der Waals surface area contributed by atoms with Crippen LogP contribution in [0.4, 0.5) is 0 Å². The van der Waals surface area contributed by atoms with Crippen molar-refractivity contribution in [2.24, 2.45) is 0 Å². The van der Waals surface area contributed by atoms with Gasteiger partial charge in [-0.1, -0.05) is 67.6 Å². The van der Waals surface area contributed by atoms with Gasteiger partial charge in [-0.15, -0.1) is 0 Å². The van der Waals surface area contributed by atoms with Gasteiger partial charge in [0.1, 0.15) is 0 Å². The first-order valence-corrected chi connectivity index (χ1v) is 10.2. The van der Waals surface area contributed by atoms with Crippen molar-refractivity contribution in [2.75, 3.05) is 13.1 Å². The lowest BCUT2D eigenvalue weighted by molar-refractivity contribution is 0.0746. The Labute approximate surface area is 167 Å².